The highest BCUT2D eigenvalue weighted by atomic mass is 16.5. The van der Waals surface area contributed by atoms with E-state index >= 15 is 0 Å². The number of hydrogen-bond donors (Lipinski definition) is 1. The first kappa shape index (κ1) is 20.5. The molecule has 1 aromatic carbocycles. The van der Waals surface area contributed by atoms with Gasteiger partial charge >= 0.3 is 6.03 Å². The normalized spacial score (nSPS) is 16.1. The molecule has 0 saturated carbocycles. The number of likely N-dealkylation sites (tertiary alicyclic amines) is 1. The van der Waals surface area contributed by atoms with E-state index < -0.39 is 0 Å². The highest BCUT2D eigenvalue weighted by Gasteiger charge is 2.26. The highest BCUT2D eigenvalue weighted by Crippen LogP contribution is 2.29. The Kier molecular flexibility index (Phi) is 6.58. The van der Waals surface area contributed by atoms with Crippen LogP contribution in [0, 0.1) is 0 Å². The average Bonchev–Trinajstić information content (AvgIpc) is 2.74. The maximum atomic E-state index is 12.7. The van der Waals surface area contributed by atoms with Gasteiger partial charge < -0.3 is 29.3 Å². The predicted molar refractivity (Wildman–Crippen MR) is 110 cm³/mol. The zero-order valence-corrected chi connectivity index (χ0v) is 17.2. The lowest BCUT2D eigenvalue weighted by molar-refractivity contribution is 0.102. The first-order chi connectivity index (χ1) is 14.0. The number of aromatic nitrogens is 2. The lowest BCUT2D eigenvalue weighted by Gasteiger charge is -2.32. The Morgan fingerprint density at radius 2 is 2.00 bits per heavy atom. The molecule has 0 radical (unpaired) electrons. The molecule has 2 heterocycles. The Bertz CT molecular complexity index is 828. The summed E-state index contributed by atoms with van der Waals surface area (Å²) < 4.78 is 16.5. The largest absolute Gasteiger partial charge is 0.497 e. The number of ether oxygens (including phenoxy) is 3. The molecular weight excluding hydrogens is 374 g/mol. The maximum Gasteiger partial charge on any atom is 0.322 e. The molecule has 0 aliphatic carbocycles. The van der Waals surface area contributed by atoms with E-state index in [1.54, 1.807) is 43.4 Å². The van der Waals surface area contributed by atoms with Gasteiger partial charge in [-0.25, -0.2) is 4.79 Å². The van der Waals surface area contributed by atoms with Crippen molar-refractivity contribution in [2.45, 2.75) is 18.9 Å². The third kappa shape index (κ3) is 5.18. The second-order valence-electron chi connectivity index (χ2n) is 6.95. The minimum Gasteiger partial charge on any atom is -0.497 e. The number of nitrogens with one attached hydrogen (secondary N) is 1. The maximum absolute atomic E-state index is 12.7. The van der Waals surface area contributed by atoms with E-state index in [2.05, 4.69) is 15.5 Å². The molecule has 3 rings (SSSR count). The van der Waals surface area contributed by atoms with Gasteiger partial charge in [-0.2, -0.15) is 0 Å². The summed E-state index contributed by atoms with van der Waals surface area (Å²) in [4.78, 5) is 16.4. The number of nitrogens with zero attached hydrogens (tertiary/aromatic N) is 4. The fraction of sp³-hybridized carbons (Fsp3) is 0.450. The van der Waals surface area contributed by atoms with E-state index in [4.69, 9.17) is 14.2 Å². The van der Waals surface area contributed by atoms with Gasteiger partial charge in [0, 0.05) is 32.8 Å². The van der Waals surface area contributed by atoms with Gasteiger partial charge in [0.15, 0.2) is 5.82 Å². The summed E-state index contributed by atoms with van der Waals surface area (Å²) in [6.45, 7) is 1.14. The van der Waals surface area contributed by atoms with Crippen molar-refractivity contribution >= 4 is 17.5 Å². The molecule has 1 N–H and O–H groups in total. The highest BCUT2D eigenvalue weighted by molar-refractivity contribution is 5.91. The van der Waals surface area contributed by atoms with Crippen LogP contribution in [0.2, 0.25) is 0 Å². The van der Waals surface area contributed by atoms with E-state index in [1.165, 1.54) is 0 Å². The van der Waals surface area contributed by atoms with Crippen molar-refractivity contribution < 1.29 is 19.0 Å². The van der Waals surface area contributed by atoms with Crippen LogP contribution in [-0.2, 0) is 0 Å². The van der Waals surface area contributed by atoms with Crippen LogP contribution < -0.4 is 24.4 Å². The first-order valence-electron chi connectivity index (χ1n) is 9.46. The molecule has 1 aromatic heterocycles. The van der Waals surface area contributed by atoms with Crippen molar-refractivity contribution in [2.24, 2.45) is 0 Å². The minimum atomic E-state index is -0.198. The number of carbonyl (C=O) groups is 1. The van der Waals surface area contributed by atoms with Crippen LogP contribution in [-0.4, -0.2) is 68.6 Å². The summed E-state index contributed by atoms with van der Waals surface area (Å²) in [5.74, 6) is 2.42. The van der Waals surface area contributed by atoms with Crippen LogP contribution in [0.1, 0.15) is 12.8 Å². The number of piperidine rings is 1. The van der Waals surface area contributed by atoms with Crippen LogP contribution in [0.15, 0.2) is 30.3 Å². The summed E-state index contributed by atoms with van der Waals surface area (Å²) in [6, 6.07) is 8.71. The lowest BCUT2D eigenvalue weighted by Crippen LogP contribution is -2.46. The Hall–Kier alpha value is -3.23. The Labute approximate surface area is 170 Å². The van der Waals surface area contributed by atoms with Crippen LogP contribution in [0.25, 0.3) is 0 Å². The van der Waals surface area contributed by atoms with Crippen molar-refractivity contribution in [2.75, 3.05) is 51.6 Å². The summed E-state index contributed by atoms with van der Waals surface area (Å²) in [7, 11) is 6.94. The molecular formula is C20H27N5O4. The number of rotatable bonds is 6. The van der Waals surface area contributed by atoms with Gasteiger partial charge in [-0.3, -0.25) is 0 Å². The van der Waals surface area contributed by atoms with E-state index in [9.17, 15) is 4.79 Å². The number of urea groups is 1. The van der Waals surface area contributed by atoms with Crippen LogP contribution in [0.5, 0.6) is 17.4 Å². The standard InChI is InChI=1S/C20H27N5O4/c1-24(2)18-9-10-19(23-22-18)29-15-6-5-11-25(13-15)20(26)21-16-8-7-14(27-3)12-17(16)28-4/h7-10,12,15H,5-6,11,13H2,1-4H3,(H,21,26). The molecule has 1 unspecified atom stereocenters. The van der Waals surface area contributed by atoms with Gasteiger partial charge in [0.05, 0.1) is 26.5 Å². The van der Waals surface area contributed by atoms with Gasteiger partial charge in [0.1, 0.15) is 17.6 Å². The monoisotopic (exact) mass is 401 g/mol. The Morgan fingerprint density at radius 1 is 1.17 bits per heavy atom. The molecule has 2 aromatic rings. The molecule has 1 atom stereocenters. The second kappa shape index (κ2) is 9.31. The summed E-state index contributed by atoms with van der Waals surface area (Å²) >= 11 is 0. The molecule has 9 nitrogen and oxygen atoms in total. The van der Waals surface area contributed by atoms with Crippen LogP contribution in [0.4, 0.5) is 16.3 Å². The number of anilines is 2. The summed E-state index contributed by atoms with van der Waals surface area (Å²) in [5, 5.41) is 11.1. The Morgan fingerprint density at radius 3 is 2.66 bits per heavy atom. The molecule has 9 heteroatoms. The number of benzene rings is 1. The molecule has 0 spiro atoms. The fourth-order valence-electron chi connectivity index (χ4n) is 3.10. The molecule has 156 valence electrons. The van der Waals surface area contributed by atoms with Crippen LogP contribution in [0.3, 0.4) is 0 Å². The third-order valence-electron chi connectivity index (χ3n) is 4.69. The van der Waals surface area contributed by atoms with Gasteiger partial charge in [-0.1, -0.05) is 0 Å². The van der Waals surface area contributed by atoms with Crippen molar-refractivity contribution in [1.29, 1.82) is 0 Å². The van der Waals surface area contributed by atoms with E-state index in [-0.39, 0.29) is 12.1 Å². The van der Waals surface area contributed by atoms with Crippen molar-refractivity contribution in [3.8, 4) is 17.4 Å². The molecule has 1 aliphatic heterocycles. The summed E-state index contributed by atoms with van der Waals surface area (Å²) in [5.41, 5.74) is 0.589. The number of hydrogen-bond acceptors (Lipinski definition) is 7. The average molecular weight is 401 g/mol. The number of methoxy groups -OCH3 is 2. The molecule has 29 heavy (non-hydrogen) atoms. The number of carbonyl (C=O) groups excluding carboxylic acids is 1. The molecule has 1 aliphatic rings. The van der Waals surface area contributed by atoms with E-state index in [0.29, 0.717) is 36.2 Å². The van der Waals surface area contributed by atoms with E-state index in [1.807, 2.05) is 25.1 Å². The van der Waals surface area contributed by atoms with E-state index in [0.717, 1.165) is 18.7 Å². The quantitative estimate of drug-likeness (QED) is 0.796. The minimum absolute atomic E-state index is 0.133. The first-order valence-corrected chi connectivity index (χ1v) is 9.46. The Balaban J connectivity index is 1.60. The lowest BCUT2D eigenvalue weighted by atomic mass is 10.1. The molecule has 1 fully saturated rings. The molecule has 2 amide bonds. The van der Waals surface area contributed by atoms with Crippen molar-refractivity contribution in [1.82, 2.24) is 15.1 Å². The third-order valence-corrected chi connectivity index (χ3v) is 4.69. The molecule has 0 bridgehead atoms. The predicted octanol–water partition coefficient (Wildman–Crippen LogP) is 2.64. The van der Waals surface area contributed by atoms with Gasteiger partial charge in [0.25, 0.3) is 0 Å². The zero-order valence-electron chi connectivity index (χ0n) is 17.2. The molecule has 1 saturated heterocycles. The van der Waals surface area contributed by atoms with Gasteiger partial charge in [0.2, 0.25) is 5.88 Å². The van der Waals surface area contributed by atoms with Gasteiger partial charge in [-0.05, 0) is 31.0 Å². The number of amides is 2. The smallest absolute Gasteiger partial charge is 0.322 e. The fourth-order valence-corrected chi connectivity index (χ4v) is 3.10. The van der Waals surface area contributed by atoms with Crippen LogP contribution >= 0.6 is 0 Å². The summed E-state index contributed by atoms with van der Waals surface area (Å²) in [6.07, 6.45) is 1.57. The van der Waals surface area contributed by atoms with Gasteiger partial charge in [-0.15, -0.1) is 10.2 Å². The van der Waals surface area contributed by atoms with Crippen molar-refractivity contribution in [3.05, 3.63) is 30.3 Å². The topological polar surface area (TPSA) is 89.1 Å². The zero-order chi connectivity index (χ0) is 20.8. The SMILES string of the molecule is COc1ccc(NC(=O)N2CCCC(Oc3ccc(N(C)C)nn3)C2)c(OC)c1. The van der Waals surface area contributed by atoms with Crippen molar-refractivity contribution in [3.63, 3.8) is 0 Å². The second-order valence-corrected chi connectivity index (χ2v) is 6.95.